The predicted octanol–water partition coefficient (Wildman–Crippen LogP) is 1.13. The number of nitrogens with one attached hydrogen (secondary N) is 1. The van der Waals surface area contributed by atoms with Crippen LogP contribution in [0.15, 0.2) is 0 Å². The number of amides is 1. The van der Waals surface area contributed by atoms with Gasteiger partial charge in [0.1, 0.15) is 6.10 Å². The van der Waals surface area contributed by atoms with Crippen molar-refractivity contribution in [2.24, 2.45) is 11.8 Å². The molecule has 16 heavy (non-hydrogen) atoms. The number of ether oxygens (including phenoxy) is 1. The molecule has 4 aliphatic rings. The molecule has 2 saturated heterocycles. The second-order valence-corrected chi connectivity index (χ2v) is 5.42. The van der Waals surface area contributed by atoms with Gasteiger partial charge in [0.25, 0.3) is 0 Å². The number of hydrogen-bond acceptors (Lipinski definition) is 3. The van der Waals surface area contributed by atoms with E-state index in [0.29, 0.717) is 18.8 Å². The van der Waals surface area contributed by atoms with Crippen LogP contribution in [0, 0.1) is 11.8 Å². The SMILES string of the molecule is O=C(O)NC12CC3CC(C1)OC(=O)C(C3)C2. The van der Waals surface area contributed by atoms with Gasteiger partial charge >= 0.3 is 12.1 Å². The molecule has 5 heteroatoms. The average Bonchev–Trinajstić information content (AvgIpc) is 2.27. The van der Waals surface area contributed by atoms with Crippen molar-refractivity contribution >= 4 is 12.1 Å². The van der Waals surface area contributed by atoms with Crippen LogP contribution in [0.5, 0.6) is 0 Å². The monoisotopic (exact) mass is 225 g/mol. The summed E-state index contributed by atoms with van der Waals surface area (Å²) in [4.78, 5) is 22.5. The third kappa shape index (κ3) is 1.45. The highest BCUT2D eigenvalue weighted by molar-refractivity contribution is 5.74. The molecule has 0 aromatic carbocycles. The fourth-order valence-corrected chi connectivity index (χ4v) is 3.82. The summed E-state index contributed by atoms with van der Waals surface area (Å²) in [5.74, 6) is 0.218. The first-order valence-electron chi connectivity index (χ1n) is 5.78. The molecule has 0 spiro atoms. The van der Waals surface area contributed by atoms with Gasteiger partial charge in [-0.05, 0) is 31.6 Å². The second-order valence-electron chi connectivity index (χ2n) is 5.42. The third-order valence-electron chi connectivity index (χ3n) is 4.14. The van der Waals surface area contributed by atoms with Crippen molar-refractivity contribution in [3.63, 3.8) is 0 Å². The average molecular weight is 225 g/mol. The van der Waals surface area contributed by atoms with Crippen molar-refractivity contribution in [3.8, 4) is 0 Å². The molecule has 2 N–H and O–H groups in total. The lowest BCUT2D eigenvalue weighted by molar-refractivity contribution is -0.151. The van der Waals surface area contributed by atoms with Crippen LogP contribution in [-0.2, 0) is 9.53 Å². The molecule has 2 heterocycles. The summed E-state index contributed by atoms with van der Waals surface area (Å²) in [7, 11) is 0. The highest BCUT2D eigenvalue weighted by atomic mass is 16.5. The molecular formula is C11H15NO4. The maximum Gasteiger partial charge on any atom is 0.405 e. The van der Waals surface area contributed by atoms with Crippen molar-refractivity contribution < 1.29 is 19.4 Å². The lowest BCUT2D eigenvalue weighted by Crippen LogP contribution is -2.56. The highest BCUT2D eigenvalue weighted by Gasteiger charge is 2.53. The Kier molecular flexibility index (Phi) is 1.94. The van der Waals surface area contributed by atoms with Gasteiger partial charge in [-0.25, -0.2) is 4.79 Å². The molecule has 1 amide bonds. The van der Waals surface area contributed by atoms with E-state index < -0.39 is 11.6 Å². The standard InChI is InChI=1S/C11H15NO4/c13-9-7-1-6-2-8(16-9)5-11(3-6,4-7)12-10(14)15/h6-8,12H,1-5H2,(H,14,15). The first-order chi connectivity index (χ1) is 7.56. The Hall–Kier alpha value is -1.26. The largest absolute Gasteiger partial charge is 0.465 e. The van der Waals surface area contributed by atoms with Crippen molar-refractivity contribution in [3.05, 3.63) is 0 Å². The van der Waals surface area contributed by atoms with Gasteiger partial charge in [-0.2, -0.15) is 0 Å². The first kappa shape index (κ1) is 9.93. The van der Waals surface area contributed by atoms with E-state index in [2.05, 4.69) is 5.32 Å². The Bertz CT molecular complexity index is 356. The quantitative estimate of drug-likeness (QED) is 0.656. The molecule has 4 bridgehead atoms. The number of fused-ring (bicyclic) bond motifs is 1. The number of carboxylic acid groups (broad SMARTS) is 1. The van der Waals surface area contributed by atoms with Crippen LogP contribution >= 0.6 is 0 Å². The zero-order chi connectivity index (χ0) is 11.3. The van der Waals surface area contributed by atoms with Crippen LogP contribution in [0.1, 0.15) is 32.1 Å². The number of carbonyl (C=O) groups excluding carboxylic acids is 1. The van der Waals surface area contributed by atoms with Gasteiger partial charge in [0, 0.05) is 12.0 Å². The maximum absolute atomic E-state index is 11.7. The van der Waals surface area contributed by atoms with Crippen molar-refractivity contribution in [2.75, 3.05) is 0 Å². The normalized spacial score (nSPS) is 45.0. The summed E-state index contributed by atoms with van der Waals surface area (Å²) in [5.41, 5.74) is -0.408. The summed E-state index contributed by atoms with van der Waals surface area (Å²) in [6, 6.07) is 0. The van der Waals surface area contributed by atoms with Crippen LogP contribution in [-0.4, -0.2) is 28.8 Å². The summed E-state index contributed by atoms with van der Waals surface area (Å²) in [6.45, 7) is 0. The zero-order valence-corrected chi connectivity index (χ0v) is 8.94. The van der Waals surface area contributed by atoms with Crippen molar-refractivity contribution in [1.82, 2.24) is 5.32 Å². The predicted molar refractivity (Wildman–Crippen MR) is 53.8 cm³/mol. The lowest BCUT2D eigenvalue weighted by Gasteiger charge is -2.46. The van der Waals surface area contributed by atoms with E-state index in [1.165, 1.54) is 0 Å². The van der Waals surface area contributed by atoms with E-state index in [1.54, 1.807) is 0 Å². The molecule has 4 unspecified atom stereocenters. The Labute approximate surface area is 93.2 Å². The summed E-state index contributed by atoms with van der Waals surface area (Å²) in [5, 5.41) is 11.5. The summed E-state index contributed by atoms with van der Waals surface area (Å²) >= 11 is 0. The minimum absolute atomic E-state index is 0.0781. The van der Waals surface area contributed by atoms with Crippen molar-refractivity contribution in [1.29, 1.82) is 0 Å². The Balaban J connectivity index is 1.92. The molecule has 5 nitrogen and oxygen atoms in total. The minimum atomic E-state index is -0.991. The number of carbonyl (C=O) groups is 2. The van der Waals surface area contributed by atoms with Gasteiger partial charge < -0.3 is 15.2 Å². The molecule has 88 valence electrons. The molecule has 4 rings (SSSR count). The van der Waals surface area contributed by atoms with Crippen LogP contribution < -0.4 is 5.32 Å². The second kappa shape index (κ2) is 3.12. The topological polar surface area (TPSA) is 75.6 Å². The molecule has 4 fully saturated rings. The van der Waals surface area contributed by atoms with Gasteiger partial charge in [-0.15, -0.1) is 0 Å². The first-order valence-corrected chi connectivity index (χ1v) is 5.78. The number of rotatable bonds is 1. The van der Waals surface area contributed by atoms with Gasteiger partial charge in [0.05, 0.1) is 5.92 Å². The Morgan fingerprint density at radius 1 is 1.38 bits per heavy atom. The van der Waals surface area contributed by atoms with E-state index in [-0.39, 0.29) is 18.0 Å². The third-order valence-corrected chi connectivity index (χ3v) is 4.14. The van der Waals surface area contributed by atoms with Crippen LogP contribution in [0.4, 0.5) is 4.79 Å². The van der Waals surface area contributed by atoms with Gasteiger partial charge in [0.15, 0.2) is 0 Å². The van der Waals surface area contributed by atoms with Crippen LogP contribution in [0.2, 0.25) is 0 Å². The zero-order valence-electron chi connectivity index (χ0n) is 8.94. The molecule has 4 atom stereocenters. The van der Waals surface area contributed by atoms with Crippen LogP contribution in [0.25, 0.3) is 0 Å². The number of esters is 1. The summed E-state index contributed by atoms with van der Waals surface area (Å²) < 4.78 is 5.37. The Morgan fingerprint density at radius 3 is 2.94 bits per heavy atom. The van der Waals surface area contributed by atoms with Crippen molar-refractivity contribution in [2.45, 2.75) is 43.7 Å². The van der Waals surface area contributed by atoms with E-state index in [0.717, 1.165) is 19.3 Å². The fourth-order valence-electron chi connectivity index (χ4n) is 3.82. The fraction of sp³-hybridized carbons (Fsp3) is 0.818. The van der Waals surface area contributed by atoms with Gasteiger partial charge in [-0.1, -0.05) is 0 Å². The van der Waals surface area contributed by atoms with Gasteiger partial charge in [0.2, 0.25) is 0 Å². The molecule has 0 radical (unpaired) electrons. The van der Waals surface area contributed by atoms with E-state index in [4.69, 9.17) is 9.84 Å². The smallest absolute Gasteiger partial charge is 0.405 e. The molecular weight excluding hydrogens is 210 g/mol. The maximum atomic E-state index is 11.7. The lowest BCUT2D eigenvalue weighted by atomic mass is 9.63. The van der Waals surface area contributed by atoms with Crippen LogP contribution in [0.3, 0.4) is 0 Å². The highest BCUT2D eigenvalue weighted by Crippen LogP contribution is 2.49. The molecule has 0 aromatic rings. The molecule has 2 saturated carbocycles. The molecule has 2 aliphatic carbocycles. The number of hydrogen-bond donors (Lipinski definition) is 2. The molecule has 0 aromatic heterocycles. The van der Waals surface area contributed by atoms with E-state index in [1.807, 2.05) is 0 Å². The van der Waals surface area contributed by atoms with Gasteiger partial charge in [-0.3, -0.25) is 4.79 Å². The van der Waals surface area contributed by atoms with E-state index in [9.17, 15) is 9.59 Å². The minimum Gasteiger partial charge on any atom is -0.465 e. The summed E-state index contributed by atoms with van der Waals surface area (Å²) in [6.07, 6.45) is 2.84. The van der Waals surface area contributed by atoms with E-state index >= 15 is 0 Å². The molecule has 2 aliphatic heterocycles. The Morgan fingerprint density at radius 2 is 2.19 bits per heavy atom.